The van der Waals surface area contributed by atoms with Crippen molar-refractivity contribution in [1.82, 2.24) is 15.3 Å². The smallest absolute Gasteiger partial charge is 0.319 e. The zero-order chi connectivity index (χ0) is 23.2. The Balaban J connectivity index is 1.27. The zero-order valence-electron chi connectivity index (χ0n) is 20.0. The van der Waals surface area contributed by atoms with Crippen molar-refractivity contribution < 1.29 is 9.53 Å². The van der Waals surface area contributed by atoms with Gasteiger partial charge in [-0.15, -0.1) is 0 Å². The molecule has 2 aromatic rings. The van der Waals surface area contributed by atoms with Crippen LogP contribution in [0.25, 0.3) is 0 Å². The Morgan fingerprint density at radius 1 is 1.03 bits per heavy atom. The molecule has 0 aliphatic heterocycles. The van der Waals surface area contributed by atoms with E-state index in [9.17, 15) is 4.79 Å². The van der Waals surface area contributed by atoms with E-state index in [4.69, 9.17) is 14.7 Å². The molecule has 2 aliphatic rings. The highest BCUT2D eigenvalue weighted by atomic mass is 16.5. The van der Waals surface area contributed by atoms with Gasteiger partial charge < -0.3 is 25.6 Å². The fourth-order valence-corrected chi connectivity index (χ4v) is 4.73. The highest BCUT2D eigenvalue weighted by Gasteiger charge is 2.25. The summed E-state index contributed by atoms with van der Waals surface area (Å²) in [4.78, 5) is 24.2. The summed E-state index contributed by atoms with van der Waals surface area (Å²) in [6.45, 7) is 2.57. The number of urea groups is 1. The fourth-order valence-electron chi connectivity index (χ4n) is 4.73. The van der Waals surface area contributed by atoms with Crippen LogP contribution in [0.5, 0.6) is 5.75 Å². The molecule has 0 radical (unpaired) electrons. The average molecular weight is 453 g/mol. The normalized spacial score (nSPS) is 19.8. The molecule has 4 rings (SSSR count). The third-order valence-corrected chi connectivity index (χ3v) is 6.40. The maximum Gasteiger partial charge on any atom is 0.319 e. The minimum absolute atomic E-state index is 0.163. The highest BCUT2D eigenvalue weighted by molar-refractivity contribution is 5.89. The lowest BCUT2D eigenvalue weighted by molar-refractivity contribution is 0.243. The molecule has 8 nitrogen and oxygen atoms in total. The van der Waals surface area contributed by atoms with Gasteiger partial charge in [0.25, 0.3) is 0 Å². The van der Waals surface area contributed by atoms with Gasteiger partial charge in [-0.2, -0.15) is 4.98 Å². The van der Waals surface area contributed by atoms with Crippen LogP contribution in [-0.4, -0.2) is 48.8 Å². The summed E-state index contributed by atoms with van der Waals surface area (Å²) < 4.78 is 5.44. The Morgan fingerprint density at radius 2 is 1.73 bits per heavy atom. The van der Waals surface area contributed by atoms with E-state index in [2.05, 4.69) is 34.9 Å². The average Bonchev–Trinajstić information content (AvgIpc) is 2.81. The number of aryl methyl sites for hydroxylation is 1. The SMILES string of the molecule is CCOc1ccc(NC(=O)NC2CCC(Nc3nc4c(c(N(C)C)n3)CCCC4)CC2)cc1. The van der Waals surface area contributed by atoms with Gasteiger partial charge in [0.1, 0.15) is 11.6 Å². The first-order valence-electron chi connectivity index (χ1n) is 12.2. The summed E-state index contributed by atoms with van der Waals surface area (Å²) in [6, 6.07) is 7.77. The number of nitrogens with zero attached hydrogens (tertiary/aromatic N) is 3. The van der Waals surface area contributed by atoms with E-state index in [0.29, 0.717) is 12.6 Å². The standard InChI is InChI=1S/C25H36N6O2/c1-4-33-20-15-13-19(14-16-20)28-25(32)27-18-11-9-17(10-12-18)26-24-29-22-8-6-5-7-21(22)23(30-24)31(2)3/h13-18H,4-12H2,1-3H3,(H,26,29,30)(H2,27,28,32). The summed E-state index contributed by atoms with van der Waals surface area (Å²) in [5.74, 6) is 2.59. The van der Waals surface area contributed by atoms with E-state index < -0.39 is 0 Å². The number of rotatable bonds is 7. The van der Waals surface area contributed by atoms with Crippen LogP contribution in [0.3, 0.4) is 0 Å². The maximum absolute atomic E-state index is 12.4. The lowest BCUT2D eigenvalue weighted by Crippen LogP contribution is -2.42. The number of anilines is 3. The molecule has 33 heavy (non-hydrogen) atoms. The number of fused-ring (bicyclic) bond motifs is 1. The first-order chi connectivity index (χ1) is 16.0. The molecule has 1 aromatic carbocycles. The third-order valence-electron chi connectivity index (χ3n) is 6.40. The van der Waals surface area contributed by atoms with Gasteiger partial charge in [0, 0.05) is 37.4 Å². The van der Waals surface area contributed by atoms with Crippen LogP contribution < -0.4 is 25.6 Å². The van der Waals surface area contributed by atoms with Crippen LogP contribution in [0.4, 0.5) is 22.2 Å². The third kappa shape index (κ3) is 6.06. The first-order valence-corrected chi connectivity index (χ1v) is 12.2. The molecule has 1 aromatic heterocycles. The Morgan fingerprint density at radius 3 is 2.42 bits per heavy atom. The zero-order valence-corrected chi connectivity index (χ0v) is 20.0. The van der Waals surface area contributed by atoms with Crippen molar-refractivity contribution in [2.45, 2.75) is 70.4 Å². The fraction of sp³-hybridized carbons (Fsp3) is 0.560. The van der Waals surface area contributed by atoms with Gasteiger partial charge in [-0.25, -0.2) is 9.78 Å². The van der Waals surface area contributed by atoms with Crippen LogP contribution >= 0.6 is 0 Å². The number of amides is 2. The predicted octanol–water partition coefficient (Wildman–Crippen LogP) is 4.36. The minimum atomic E-state index is -0.163. The molecule has 1 heterocycles. The van der Waals surface area contributed by atoms with Crippen molar-refractivity contribution in [3.8, 4) is 5.75 Å². The maximum atomic E-state index is 12.4. The van der Waals surface area contributed by atoms with Crippen LogP contribution in [-0.2, 0) is 12.8 Å². The summed E-state index contributed by atoms with van der Waals surface area (Å²) >= 11 is 0. The largest absolute Gasteiger partial charge is 0.494 e. The summed E-state index contributed by atoms with van der Waals surface area (Å²) in [5, 5.41) is 9.59. The van der Waals surface area contributed by atoms with Crippen molar-refractivity contribution in [1.29, 1.82) is 0 Å². The minimum Gasteiger partial charge on any atom is -0.494 e. The topological polar surface area (TPSA) is 91.4 Å². The Kier molecular flexibility index (Phi) is 7.52. The van der Waals surface area contributed by atoms with Crippen molar-refractivity contribution in [3.05, 3.63) is 35.5 Å². The van der Waals surface area contributed by atoms with Crippen molar-refractivity contribution in [2.75, 3.05) is 36.2 Å². The number of aromatic nitrogens is 2. The monoisotopic (exact) mass is 452 g/mol. The molecule has 0 spiro atoms. The van der Waals surface area contributed by atoms with E-state index in [1.165, 1.54) is 24.1 Å². The van der Waals surface area contributed by atoms with E-state index in [-0.39, 0.29) is 12.1 Å². The number of benzene rings is 1. The van der Waals surface area contributed by atoms with Gasteiger partial charge in [0.05, 0.1) is 12.3 Å². The van der Waals surface area contributed by atoms with Gasteiger partial charge in [0.2, 0.25) is 5.95 Å². The number of nitrogens with one attached hydrogen (secondary N) is 3. The van der Waals surface area contributed by atoms with Crippen LogP contribution in [0, 0.1) is 0 Å². The molecule has 178 valence electrons. The molecule has 1 fully saturated rings. The van der Waals surface area contributed by atoms with Crippen LogP contribution in [0.15, 0.2) is 24.3 Å². The molecule has 0 atom stereocenters. The molecule has 2 amide bonds. The quantitative estimate of drug-likeness (QED) is 0.578. The van der Waals surface area contributed by atoms with Gasteiger partial charge in [-0.05, 0) is 82.6 Å². The Labute approximate surface area is 196 Å². The Bertz CT molecular complexity index is 939. The highest BCUT2D eigenvalue weighted by Crippen LogP contribution is 2.29. The second-order valence-corrected chi connectivity index (χ2v) is 9.15. The molecular formula is C25H36N6O2. The molecule has 8 heteroatoms. The van der Waals surface area contributed by atoms with Gasteiger partial charge in [0.15, 0.2) is 0 Å². The molecule has 2 aliphatic carbocycles. The van der Waals surface area contributed by atoms with Gasteiger partial charge in [-0.1, -0.05) is 0 Å². The molecule has 0 unspecified atom stereocenters. The molecule has 0 bridgehead atoms. The Hall–Kier alpha value is -3.03. The number of ether oxygens (including phenoxy) is 1. The van der Waals surface area contributed by atoms with Gasteiger partial charge >= 0.3 is 6.03 Å². The number of hydrogen-bond donors (Lipinski definition) is 3. The number of hydrogen-bond acceptors (Lipinski definition) is 6. The predicted molar refractivity (Wildman–Crippen MR) is 132 cm³/mol. The number of carbonyl (C=O) groups excluding carboxylic acids is 1. The van der Waals surface area contributed by atoms with E-state index in [1.54, 1.807) is 0 Å². The van der Waals surface area contributed by atoms with Crippen LogP contribution in [0.2, 0.25) is 0 Å². The van der Waals surface area contributed by atoms with Crippen LogP contribution in [0.1, 0.15) is 56.7 Å². The summed E-state index contributed by atoms with van der Waals surface area (Å²) in [5.41, 5.74) is 3.26. The molecule has 0 saturated heterocycles. The van der Waals surface area contributed by atoms with E-state index >= 15 is 0 Å². The molecular weight excluding hydrogens is 416 g/mol. The van der Waals surface area contributed by atoms with Crippen molar-refractivity contribution in [2.24, 2.45) is 0 Å². The van der Waals surface area contributed by atoms with Gasteiger partial charge in [-0.3, -0.25) is 0 Å². The first kappa shape index (κ1) is 23.1. The summed E-state index contributed by atoms with van der Waals surface area (Å²) in [6.07, 6.45) is 8.34. The van der Waals surface area contributed by atoms with Crippen molar-refractivity contribution >= 4 is 23.5 Å². The number of carbonyl (C=O) groups is 1. The second-order valence-electron chi connectivity index (χ2n) is 9.15. The molecule has 1 saturated carbocycles. The van der Waals surface area contributed by atoms with Crippen molar-refractivity contribution in [3.63, 3.8) is 0 Å². The van der Waals surface area contributed by atoms with E-state index in [1.807, 2.05) is 31.2 Å². The van der Waals surface area contributed by atoms with E-state index in [0.717, 1.165) is 61.7 Å². The lowest BCUT2D eigenvalue weighted by Gasteiger charge is -2.30. The summed E-state index contributed by atoms with van der Waals surface area (Å²) in [7, 11) is 4.10. The second kappa shape index (κ2) is 10.7. The molecule has 3 N–H and O–H groups in total. The lowest BCUT2D eigenvalue weighted by atomic mass is 9.91.